The van der Waals surface area contributed by atoms with Gasteiger partial charge in [0.15, 0.2) is 5.13 Å². The minimum absolute atomic E-state index is 0.0320. The fourth-order valence-electron chi connectivity index (χ4n) is 3.08. The first-order valence-corrected chi connectivity index (χ1v) is 8.42. The lowest BCUT2D eigenvalue weighted by molar-refractivity contribution is -0.136. The Kier molecular flexibility index (Phi) is 4.04. The van der Waals surface area contributed by atoms with Crippen LogP contribution in [-0.2, 0) is 6.18 Å². The molecule has 0 atom stereocenters. The third-order valence-electron chi connectivity index (χ3n) is 4.48. The van der Waals surface area contributed by atoms with Crippen molar-refractivity contribution in [2.75, 3.05) is 18.0 Å². The lowest BCUT2D eigenvalue weighted by atomic mass is 9.83. The van der Waals surface area contributed by atoms with Crippen molar-refractivity contribution in [2.24, 2.45) is 5.92 Å². The molecular weight excluding hydrogens is 325 g/mol. The van der Waals surface area contributed by atoms with Gasteiger partial charge in [0.25, 0.3) is 0 Å². The van der Waals surface area contributed by atoms with E-state index in [0.717, 1.165) is 18.9 Å². The summed E-state index contributed by atoms with van der Waals surface area (Å²) >= 11 is 1.30. The van der Waals surface area contributed by atoms with Crippen LogP contribution in [0.15, 0.2) is 18.2 Å². The second kappa shape index (κ2) is 5.63. The van der Waals surface area contributed by atoms with Gasteiger partial charge in [-0.05, 0) is 44.7 Å². The van der Waals surface area contributed by atoms with Gasteiger partial charge in [0, 0.05) is 13.1 Å². The molecule has 1 saturated heterocycles. The molecule has 1 aromatic heterocycles. The Labute approximate surface area is 136 Å². The minimum atomic E-state index is -4.39. The number of aromatic nitrogens is 1. The lowest BCUT2D eigenvalue weighted by Gasteiger charge is -2.37. The van der Waals surface area contributed by atoms with Gasteiger partial charge in [0.1, 0.15) is 0 Å². The van der Waals surface area contributed by atoms with E-state index in [4.69, 9.17) is 0 Å². The fraction of sp³-hybridized carbons (Fsp3) is 0.562. The third-order valence-corrected chi connectivity index (χ3v) is 5.56. The highest BCUT2D eigenvalue weighted by molar-refractivity contribution is 7.22. The van der Waals surface area contributed by atoms with Gasteiger partial charge in [-0.15, -0.1) is 0 Å². The predicted octanol–water partition coefficient (Wildman–Crippen LogP) is 4.30. The molecule has 3 nitrogen and oxygen atoms in total. The molecule has 1 N–H and O–H groups in total. The van der Waals surface area contributed by atoms with Crippen LogP contribution in [0.1, 0.15) is 32.3 Å². The number of alkyl halides is 3. The zero-order chi connectivity index (χ0) is 16.8. The molecule has 7 heteroatoms. The largest absolute Gasteiger partial charge is 0.418 e. The zero-order valence-corrected chi connectivity index (χ0v) is 13.8. The topological polar surface area (TPSA) is 36.4 Å². The van der Waals surface area contributed by atoms with Crippen molar-refractivity contribution >= 4 is 26.7 Å². The van der Waals surface area contributed by atoms with Gasteiger partial charge in [-0.25, -0.2) is 4.98 Å². The van der Waals surface area contributed by atoms with E-state index >= 15 is 0 Å². The van der Waals surface area contributed by atoms with Crippen molar-refractivity contribution in [1.82, 2.24) is 4.98 Å². The quantitative estimate of drug-likeness (QED) is 0.882. The molecule has 0 saturated carbocycles. The number of piperidine rings is 1. The standard InChI is InChI=1S/C16H19F3N2OS/c1-15(2,22)10-6-8-21(9-7-10)14-20-13-11(16(17,18)19)4-3-5-12(13)23-14/h3-5,10,22H,6-9H2,1-2H3. The first kappa shape index (κ1) is 16.5. The molecule has 23 heavy (non-hydrogen) atoms. The number of hydrogen-bond donors (Lipinski definition) is 1. The molecular formula is C16H19F3N2OS. The normalized spacial score (nSPS) is 17.9. The second-order valence-corrected chi connectivity index (χ2v) is 7.57. The van der Waals surface area contributed by atoms with E-state index < -0.39 is 17.3 Å². The van der Waals surface area contributed by atoms with Gasteiger partial charge < -0.3 is 10.0 Å². The zero-order valence-electron chi connectivity index (χ0n) is 13.0. The molecule has 0 unspecified atom stereocenters. The van der Waals surface area contributed by atoms with Gasteiger partial charge >= 0.3 is 6.18 Å². The molecule has 0 bridgehead atoms. The number of para-hydroxylation sites is 1. The highest BCUT2D eigenvalue weighted by atomic mass is 32.1. The summed E-state index contributed by atoms with van der Waals surface area (Å²) in [6.45, 7) is 5.02. The summed E-state index contributed by atoms with van der Waals surface area (Å²) in [4.78, 5) is 6.27. The Hall–Kier alpha value is -1.34. The fourth-order valence-corrected chi connectivity index (χ4v) is 4.12. The van der Waals surface area contributed by atoms with E-state index in [0.29, 0.717) is 22.9 Å². The van der Waals surface area contributed by atoms with E-state index in [2.05, 4.69) is 4.98 Å². The molecule has 1 fully saturated rings. The number of rotatable bonds is 2. The van der Waals surface area contributed by atoms with E-state index in [1.54, 1.807) is 19.9 Å². The van der Waals surface area contributed by atoms with Gasteiger partial charge in [-0.1, -0.05) is 17.4 Å². The van der Waals surface area contributed by atoms with Crippen LogP contribution in [0.3, 0.4) is 0 Å². The molecule has 1 aliphatic heterocycles. The highest BCUT2D eigenvalue weighted by Crippen LogP contribution is 2.39. The number of benzene rings is 1. The molecule has 2 heterocycles. The summed E-state index contributed by atoms with van der Waals surface area (Å²) in [6.07, 6.45) is -2.77. The molecule has 0 spiro atoms. The molecule has 3 rings (SSSR count). The van der Waals surface area contributed by atoms with Crippen LogP contribution in [0.5, 0.6) is 0 Å². The van der Waals surface area contributed by atoms with E-state index in [9.17, 15) is 18.3 Å². The van der Waals surface area contributed by atoms with Crippen LogP contribution in [-0.4, -0.2) is 28.8 Å². The van der Waals surface area contributed by atoms with Gasteiger partial charge in [0.05, 0.1) is 21.4 Å². The maximum Gasteiger partial charge on any atom is 0.418 e. The van der Waals surface area contributed by atoms with Crippen molar-refractivity contribution in [3.63, 3.8) is 0 Å². The first-order chi connectivity index (χ1) is 10.7. The number of nitrogens with zero attached hydrogens (tertiary/aromatic N) is 2. The van der Waals surface area contributed by atoms with Gasteiger partial charge in [0.2, 0.25) is 0 Å². The smallest absolute Gasteiger partial charge is 0.390 e. The number of aliphatic hydroxyl groups is 1. The second-order valence-electron chi connectivity index (χ2n) is 6.56. The molecule has 1 aromatic carbocycles. The van der Waals surface area contributed by atoms with Crippen molar-refractivity contribution in [1.29, 1.82) is 0 Å². The van der Waals surface area contributed by atoms with Crippen LogP contribution in [0, 0.1) is 5.92 Å². The van der Waals surface area contributed by atoms with Crippen molar-refractivity contribution in [3.8, 4) is 0 Å². The van der Waals surface area contributed by atoms with Crippen molar-refractivity contribution in [3.05, 3.63) is 23.8 Å². The van der Waals surface area contributed by atoms with Crippen LogP contribution in [0.25, 0.3) is 10.2 Å². The molecule has 1 aliphatic rings. The summed E-state index contributed by atoms with van der Waals surface area (Å²) in [5.41, 5.74) is -1.36. The van der Waals surface area contributed by atoms with Gasteiger partial charge in [-0.2, -0.15) is 13.2 Å². The summed E-state index contributed by atoms with van der Waals surface area (Å²) < 4.78 is 39.8. The van der Waals surface area contributed by atoms with E-state index in [1.165, 1.54) is 17.4 Å². The van der Waals surface area contributed by atoms with E-state index in [1.807, 2.05) is 4.90 Å². The predicted molar refractivity (Wildman–Crippen MR) is 85.9 cm³/mol. The van der Waals surface area contributed by atoms with Crippen LogP contribution in [0.4, 0.5) is 18.3 Å². The summed E-state index contributed by atoms with van der Waals surface area (Å²) in [7, 11) is 0. The summed E-state index contributed by atoms with van der Waals surface area (Å²) in [5, 5.41) is 10.7. The minimum Gasteiger partial charge on any atom is -0.390 e. The summed E-state index contributed by atoms with van der Waals surface area (Å²) in [6, 6.07) is 4.18. The molecule has 0 radical (unpaired) electrons. The molecule has 126 valence electrons. The molecule has 2 aromatic rings. The highest BCUT2D eigenvalue weighted by Gasteiger charge is 2.35. The lowest BCUT2D eigenvalue weighted by Crippen LogP contribution is -2.41. The van der Waals surface area contributed by atoms with Crippen LogP contribution >= 0.6 is 11.3 Å². The maximum absolute atomic E-state index is 13.1. The number of thiazole rings is 1. The summed E-state index contributed by atoms with van der Waals surface area (Å²) in [5.74, 6) is 0.207. The third kappa shape index (κ3) is 3.30. The first-order valence-electron chi connectivity index (χ1n) is 7.60. The number of halogens is 3. The number of anilines is 1. The Bertz CT molecular complexity index is 697. The Morgan fingerprint density at radius 1 is 1.22 bits per heavy atom. The monoisotopic (exact) mass is 344 g/mol. The Balaban J connectivity index is 1.85. The van der Waals surface area contributed by atoms with Crippen molar-refractivity contribution in [2.45, 2.75) is 38.5 Å². The number of fused-ring (bicyclic) bond motifs is 1. The van der Waals surface area contributed by atoms with Crippen LogP contribution in [0.2, 0.25) is 0 Å². The SMILES string of the molecule is CC(C)(O)C1CCN(c2nc3c(C(F)(F)F)cccc3s2)CC1. The average molecular weight is 344 g/mol. The van der Waals surface area contributed by atoms with Crippen molar-refractivity contribution < 1.29 is 18.3 Å². The number of hydrogen-bond acceptors (Lipinski definition) is 4. The maximum atomic E-state index is 13.1. The Morgan fingerprint density at radius 3 is 2.43 bits per heavy atom. The average Bonchev–Trinajstić information content (AvgIpc) is 2.89. The van der Waals surface area contributed by atoms with E-state index in [-0.39, 0.29) is 11.4 Å². The molecule has 0 aliphatic carbocycles. The Morgan fingerprint density at radius 2 is 1.87 bits per heavy atom. The molecule has 0 amide bonds. The van der Waals surface area contributed by atoms with Gasteiger partial charge in [-0.3, -0.25) is 0 Å². The van der Waals surface area contributed by atoms with Crippen LogP contribution < -0.4 is 4.90 Å².